The minimum Gasteiger partial charge on any atom is -0.481 e. The fraction of sp³-hybridized carbons (Fsp3) is 0.115. The molecule has 4 aromatic rings. The SMILES string of the molecule is NC(=S)NN=C(C[C@@H](C(=O)O)c1cn(Cc2ccccc2)c2ccccc12)c1ccccc1. The molecular formula is C26H24N4O2S. The number of carboxylic acids is 1. The summed E-state index contributed by atoms with van der Waals surface area (Å²) >= 11 is 4.89. The molecule has 0 bridgehead atoms. The van der Waals surface area contributed by atoms with Gasteiger partial charge >= 0.3 is 5.97 Å². The molecule has 1 heterocycles. The Bertz CT molecular complexity index is 1300. The van der Waals surface area contributed by atoms with E-state index in [4.69, 9.17) is 18.0 Å². The van der Waals surface area contributed by atoms with E-state index in [2.05, 4.69) is 27.2 Å². The maximum Gasteiger partial charge on any atom is 0.311 e. The Morgan fingerprint density at radius 2 is 1.64 bits per heavy atom. The average Bonchev–Trinajstić information content (AvgIpc) is 3.18. The average molecular weight is 457 g/mol. The van der Waals surface area contributed by atoms with Crippen molar-refractivity contribution in [1.29, 1.82) is 0 Å². The van der Waals surface area contributed by atoms with Gasteiger partial charge in [0, 0.05) is 30.1 Å². The van der Waals surface area contributed by atoms with Gasteiger partial charge in [0.1, 0.15) is 0 Å². The molecule has 0 saturated heterocycles. The number of thiocarbonyl (C=S) groups is 1. The third-order valence-corrected chi connectivity index (χ3v) is 5.59. The smallest absolute Gasteiger partial charge is 0.311 e. The summed E-state index contributed by atoms with van der Waals surface area (Å²) in [6.07, 6.45) is 2.12. The van der Waals surface area contributed by atoms with Crippen molar-refractivity contribution in [3.8, 4) is 0 Å². The van der Waals surface area contributed by atoms with Gasteiger partial charge in [-0.3, -0.25) is 10.2 Å². The molecule has 7 heteroatoms. The molecule has 0 fully saturated rings. The van der Waals surface area contributed by atoms with Gasteiger partial charge in [-0.1, -0.05) is 78.9 Å². The Balaban J connectivity index is 1.76. The molecule has 1 atom stereocenters. The number of fused-ring (bicyclic) bond motifs is 1. The zero-order valence-electron chi connectivity index (χ0n) is 17.9. The standard InChI is InChI=1S/C26H24N4O2S/c27-26(33)29-28-23(19-11-5-2-6-12-19)15-21(25(31)32)22-17-30(16-18-9-3-1-4-10-18)24-14-8-7-13-20(22)24/h1-14,17,21H,15-16H2,(H,31,32)(H3,27,29,33)/t21-/m1/s1. The van der Waals surface area contributed by atoms with E-state index in [1.54, 1.807) is 0 Å². The van der Waals surface area contributed by atoms with Gasteiger partial charge in [0.2, 0.25) is 0 Å². The minimum absolute atomic E-state index is 0.0229. The van der Waals surface area contributed by atoms with E-state index in [9.17, 15) is 9.90 Å². The van der Waals surface area contributed by atoms with Crippen LogP contribution in [0.1, 0.15) is 29.0 Å². The Labute approximate surface area is 197 Å². The summed E-state index contributed by atoms with van der Waals surface area (Å²) in [5, 5.41) is 15.5. The zero-order valence-corrected chi connectivity index (χ0v) is 18.7. The maximum absolute atomic E-state index is 12.5. The van der Waals surface area contributed by atoms with Crippen LogP contribution < -0.4 is 11.2 Å². The molecule has 0 unspecified atom stereocenters. The number of para-hydroxylation sites is 1. The van der Waals surface area contributed by atoms with Gasteiger partial charge in [-0.25, -0.2) is 0 Å². The molecule has 166 valence electrons. The summed E-state index contributed by atoms with van der Waals surface area (Å²) in [4.78, 5) is 12.5. The van der Waals surface area contributed by atoms with Crippen molar-refractivity contribution in [2.45, 2.75) is 18.9 Å². The molecule has 33 heavy (non-hydrogen) atoms. The highest BCUT2D eigenvalue weighted by molar-refractivity contribution is 7.80. The molecule has 1 aromatic heterocycles. The number of nitrogens with one attached hydrogen (secondary N) is 1. The number of benzene rings is 3. The fourth-order valence-corrected chi connectivity index (χ4v) is 4.01. The molecule has 0 amide bonds. The van der Waals surface area contributed by atoms with Gasteiger partial charge in [-0.05, 0) is 35.0 Å². The van der Waals surface area contributed by atoms with Crippen LogP contribution in [0.4, 0.5) is 0 Å². The van der Waals surface area contributed by atoms with Crippen LogP contribution in [0, 0.1) is 0 Å². The first kappa shape index (κ1) is 22.2. The van der Waals surface area contributed by atoms with E-state index >= 15 is 0 Å². The fourth-order valence-electron chi connectivity index (χ4n) is 3.97. The molecule has 0 aliphatic heterocycles. The number of hydrazone groups is 1. The second kappa shape index (κ2) is 10.1. The van der Waals surface area contributed by atoms with Crippen LogP contribution in [0.5, 0.6) is 0 Å². The highest BCUT2D eigenvalue weighted by atomic mass is 32.1. The summed E-state index contributed by atoms with van der Waals surface area (Å²) < 4.78 is 2.10. The maximum atomic E-state index is 12.5. The second-order valence-electron chi connectivity index (χ2n) is 7.71. The molecule has 6 nitrogen and oxygen atoms in total. The van der Waals surface area contributed by atoms with E-state index < -0.39 is 11.9 Å². The third-order valence-electron chi connectivity index (χ3n) is 5.49. The number of aromatic nitrogens is 1. The normalized spacial score (nSPS) is 12.4. The summed E-state index contributed by atoms with van der Waals surface area (Å²) in [6.45, 7) is 0.649. The van der Waals surface area contributed by atoms with Crippen molar-refractivity contribution < 1.29 is 9.90 Å². The molecule has 0 aliphatic carbocycles. The summed E-state index contributed by atoms with van der Waals surface area (Å²) in [5.74, 6) is -1.73. The van der Waals surface area contributed by atoms with Gasteiger partial charge in [0.05, 0.1) is 11.6 Å². The first-order valence-electron chi connectivity index (χ1n) is 10.5. The predicted molar refractivity (Wildman–Crippen MR) is 135 cm³/mol. The molecule has 3 aromatic carbocycles. The van der Waals surface area contributed by atoms with Crippen molar-refractivity contribution in [2.24, 2.45) is 10.8 Å². The monoisotopic (exact) mass is 456 g/mol. The van der Waals surface area contributed by atoms with Crippen LogP contribution in [-0.4, -0.2) is 26.5 Å². The molecule has 4 rings (SSSR count). The Morgan fingerprint density at radius 1 is 1.00 bits per heavy atom. The van der Waals surface area contributed by atoms with Crippen molar-refractivity contribution in [1.82, 2.24) is 9.99 Å². The van der Waals surface area contributed by atoms with Gasteiger partial charge in [0.25, 0.3) is 0 Å². The number of carboxylic acid groups (broad SMARTS) is 1. The first-order chi connectivity index (χ1) is 16.0. The van der Waals surface area contributed by atoms with Crippen molar-refractivity contribution in [2.75, 3.05) is 0 Å². The summed E-state index contributed by atoms with van der Waals surface area (Å²) in [5.41, 5.74) is 12.4. The van der Waals surface area contributed by atoms with E-state index in [0.717, 1.165) is 27.6 Å². The number of carbonyl (C=O) groups is 1. The third kappa shape index (κ3) is 5.27. The molecule has 0 saturated carbocycles. The number of aliphatic carboxylic acids is 1. The topological polar surface area (TPSA) is 92.6 Å². The van der Waals surface area contributed by atoms with E-state index in [-0.39, 0.29) is 11.5 Å². The number of nitrogens with zero attached hydrogens (tertiary/aromatic N) is 2. The largest absolute Gasteiger partial charge is 0.481 e. The van der Waals surface area contributed by atoms with Crippen LogP contribution in [0.15, 0.2) is 96.2 Å². The van der Waals surface area contributed by atoms with Crippen LogP contribution >= 0.6 is 12.2 Å². The summed E-state index contributed by atoms with van der Waals surface area (Å²) in [6, 6.07) is 27.4. The minimum atomic E-state index is -0.920. The number of nitrogens with two attached hydrogens (primary N) is 1. The second-order valence-corrected chi connectivity index (χ2v) is 8.15. The lowest BCUT2D eigenvalue weighted by atomic mass is 9.91. The summed E-state index contributed by atoms with van der Waals surface area (Å²) in [7, 11) is 0. The van der Waals surface area contributed by atoms with E-state index in [0.29, 0.717) is 12.3 Å². The number of hydrogen-bond donors (Lipinski definition) is 3. The van der Waals surface area contributed by atoms with Gasteiger partial charge < -0.3 is 15.4 Å². The highest BCUT2D eigenvalue weighted by Gasteiger charge is 2.27. The van der Waals surface area contributed by atoms with Crippen LogP contribution in [0.2, 0.25) is 0 Å². The van der Waals surface area contributed by atoms with Gasteiger partial charge in [-0.15, -0.1) is 0 Å². The molecule has 4 N–H and O–H groups in total. The van der Waals surface area contributed by atoms with Crippen molar-refractivity contribution in [3.05, 3.63) is 108 Å². The number of hydrogen-bond acceptors (Lipinski definition) is 3. The first-order valence-corrected chi connectivity index (χ1v) is 11.0. The Hall–Kier alpha value is -3.97. The lowest BCUT2D eigenvalue weighted by Gasteiger charge is -2.14. The van der Waals surface area contributed by atoms with Crippen molar-refractivity contribution in [3.63, 3.8) is 0 Å². The van der Waals surface area contributed by atoms with Crippen LogP contribution in [0.3, 0.4) is 0 Å². The Kier molecular flexibility index (Phi) is 6.80. The molecule has 0 spiro atoms. The van der Waals surface area contributed by atoms with Crippen LogP contribution in [0.25, 0.3) is 10.9 Å². The quantitative estimate of drug-likeness (QED) is 0.206. The van der Waals surface area contributed by atoms with Gasteiger partial charge in [0.15, 0.2) is 5.11 Å². The molecular weight excluding hydrogens is 432 g/mol. The lowest BCUT2D eigenvalue weighted by molar-refractivity contribution is -0.138. The molecule has 0 aliphatic rings. The van der Waals surface area contributed by atoms with Crippen molar-refractivity contribution >= 4 is 39.9 Å². The van der Waals surface area contributed by atoms with Gasteiger partial charge in [-0.2, -0.15) is 5.10 Å². The lowest BCUT2D eigenvalue weighted by Crippen LogP contribution is -2.27. The van der Waals surface area contributed by atoms with Crippen LogP contribution in [-0.2, 0) is 11.3 Å². The predicted octanol–water partition coefficient (Wildman–Crippen LogP) is 4.49. The number of rotatable bonds is 8. The highest BCUT2D eigenvalue weighted by Crippen LogP contribution is 2.32. The molecule has 0 radical (unpaired) electrons. The Morgan fingerprint density at radius 3 is 2.30 bits per heavy atom. The van der Waals surface area contributed by atoms with E-state index in [1.165, 1.54) is 0 Å². The zero-order chi connectivity index (χ0) is 23.2. The van der Waals surface area contributed by atoms with E-state index in [1.807, 2.05) is 79.0 Å².